The average Bonchev–Trinajstić information content (AvgIpc) is 2.34. The second-order valence-electron chi connectivity index (χ2n) is 2.16. The Bertz CT molecular complexity index is 106. The van der Waals surface area contributed by atoms with Gasteiger partial charge in [-0.05, 0) is 12.8 Å². The number of hydrogen-bond donors (Lipinski definition) is 0. The molecule has 0 aromatic heterocycles. The molecule has 0 aromatic carbocycles. The van der Waals surface area contributed by atoms with Crippen LogP contribution in [0.15, 0.2) is 12.7 Å². The zero-order chi connectivity index (χ0) is 6.69. The van der Waals surface area contributed by atoms with Crippen LogP contribution in [0, 0.1) is 0 Å². The average molecular weight is 126 g/mol. The number of aldehydes is 1. The smallest absolute Gasteiger partial charge is 0.148 e. The molecule has 1 heterocycles. The lowest BCUT2D eigenvalue weighted by molar-refractivity contribution is -0.116. The number of hydrogen-bond acceptors (Lipinski definition) is 2. The first kappa shape index (κ1) is 6.49. The van der Waals surface area contributed by atoms with Crippen molar-refractivity contribution in [3.8, 4) is 0 Å². The fraction of sp³-hybridized carbons (Fsp3) is 0.571. The van der Waals surface area contributed by atoms with E-state index < -0.39 is 0 Å². The van der Waals surface area contributed by atoms with Crippen LogP contribution in [0.4, 0.5) is 0 Å². The number of ether oxygens (including phenoxy) is 1. The maximum absolute atomic E-state index is 10.1. The van der Waals surface area contributed by atoms with Crippen LogP contribution in [0.2, 0.25) is 0 Å². The maximum Gasteiger partial charge on any atom is 0.148 e. The van der Waals surface area contributed by atoms with Crippen molar-refractivity contribution >= 4 is 6.29 Å². The summed E-state index contributed by atoms with van der Waals surface area (Å²) in [6.07, 6.45) is 4.31. The molecule has 1 fully saturated rings. The van der Waals surface area contributed by atoms with Crippen LogP contribution in [0.1, 0.15) is 12.8 Å². The van der Waals surface area contributed by atoms with Crippen molar-refractivity contribution in [2.45, 2.75) is 25.0 Å². The van der Waals surface area contributed by atoms with Crippen LogP contribution in [0.5, 0.6) is 0 Å². The lowest BCUT2D eigenvalue weighted by atomic mass is 10.2. The molecule has 2 heteroatoms. The van der Waals surface area contributed by atoms with Gasteiger partial charge in [0.15, 0.2) is 0 Å². The van der Waals surface area contributed by atoms with Crippen LogP contribution in [-0.4, -0.2) is 18.5 Å². The molecule has 0 aromatic rings. The molecule has 0 radical (unpaired) electrons. The zero-order valence-corrected chi connectivity index (χ0v) is 5.25. The van der Waals surface area contributed by atoms with E-state index in [-0.39, 0.29) is 12.2 Å². The molecule has 1 saturated heterocycles. The summed E-state index contributed by atoms with van der Waals surface area (Å²) in [5, 5.41) is 0. The van der Waals surface area contributed by atoms with Crippen LogP contribution < -0.4 is 0 Å². The van der Waals surface area contributed by atoms with E-state index in [1.807, 2.05) is 0 Å². The molecule has 50 valence electrons. The lowest BCUT2D eigenvalue weighted by Crippen LogP contribution is -2.09. The normalized spacial score (nSPS) is 34.2. The third-order valence-corrected chi connectivity index (χ3v) is 1.50. The van der Waals surface area contributed by atoms with Gasteiger partial charge in [0.1, 0.15) is 12.4 Å². The molecule has 0 amide bonds. The molecule has 0 spiro atoms. The highest BCUT2D eigenvalue weighted by Gasteiger charge is 2.21. The molecule has 1 rings (SSSR count). The molecular weight excluding hydrogens is 116 g/mol. The first-order valence-corrected chi connectivity index (χ1v) is 3.10. The van der Waals surface area contributed by atoms with E-state index in [0.717, 1.165) is 19.1 Å². The highest BCUT2D eigenvalue weighted by molar-refractivity contribution is 5.56. The van der Waals surface area contributed by atoms with Crippen LogP contribution in [0.25, 0.3) is 0 Å². The standard InChI is InChI=1S/C7H10O2/c1-2-6-3-4-7(5-8)9-6/h2,5-7H,1,3-4H2/t6-,7-/m0/s1. The Morgan fingerprint density at radius 1 is 1.44 bits per heavy atom. The van der Waals surface area contributed by atoms with Crippen LogP contribution in [0.3, 0.4) is 0 Å². The minimum absolute atomic E-state index is 0.111. The monoisotopic (exact) mass is 126 g/mol. The quantitative estimate of drug-likeness (QED) is 0.406. The van der Waals surface area contributed by atoms with E-state index in [1.54, 1.807) is 6.08 Å². The Balaban J connectivity index is 2.36. The Labute approximate surface area is 54.5 Å². The predicted octanol–water partition coefficient (Wildman–Crippen LogP) is 0.919. The Morgan fingerprint density at radius 3 is 2.44 bits per heavy atom. The first-order valence-electron chi connectivity index (χ1n) is 3.10. The van der Waals surface area contributed by atoms with E-state index in [9.17, 15) is 4.79 Å². The molecule has 0 saturated carbocycles. The molecule has 0 aliphatic carbocycles. The summed E-state index contributed by atoms with van der Waals surface area (Å²) in [4.78, 5) is 10.1. The number of carbonyl (C=O) groups excluding carboxylic acids is 1. The van der Waals surface area contributed by atoms with Gasteiger partial charge >= 0.3 is 0 Å². The van der Waals surface area contributed by atoms with E-state index >= 15 is 0 Å². The second kappa shape index (κ2) is 2.78. The van der Waals surface area contributed by atoms with Gasteiger partial charge in [0.25, 0.3) is 0 Å². The van der Waals surface area contributed by atoms with E-state index in [4.69, 9.17) is 4.74 Å². The summed E-state index contributed by atoms with van der Waals surface area (Å²) >= 11 is 0. The summed E-state index contributed by atoms with van der Waals surface area (Å²) in [5.41, 5.74) is 0. The highest BCUT2D eigenvalue weighted by Crippen LogP contribution is 2.17. The molecule has 2 atom stereocenters. The molecular formula is C7H10O2. The van der Waals surface area contributed by atoms with Crippen LogP contribution >= 0.6 is 0 Å². The van der Waals surface area contributed by atoms with E-state index in [2.05, 4.69) is 6.58 Å². The molecule has 0 N–H and O–H groups in total. The van der Waals surface area contributed by atoms with Crippen LogP contribution in [-0.2, 0) is 9.53 Å². The Kier molecular flexibility index (Phi) is 2.01. The minimum Gasteiger partial charge on any atom is -0.363 e. The van der Waals surface area contributed by atoms with Gasteiger partial charge in [-0.25, -0.2) is 0 Å². The zero-order valence-electron chi connectivity index (χ0n) is 5.25. The molecule has 9 heavy (non-hydrogen) atoms. The van der Waals surface area contributed by atoms with Gasteiger partial charge in [-0.15, -0.1) is 6.58 Å². The Morgan fingerprint density at radius 2 is 2.11 bits per heavy atom. The third-order valence-electron chi connectivity index (χ3n) is 1.50. The SMILES string of the molecule is C=C[C@H]1CC[C@@H](C=O)O1. The molecule has 1 aliphatic rings. The number of carbonyl (C=O) groups is 1. The van der Waals surface area contributed by atoms with E-state index in [0.29, 0.717) is 0 Å². The van der Waals surface area contributed by atoms with Gasteiger partial charge in [0.2, 0.25) is 0 Å². The van der Waals surface area contributed by atoms with Crippen molar-refractivity contribution < 1.29 is 9.53 Å². The predicted molar refractivity (Wildman–Crippen MR) is 34.2 cm³/mol. The van der Waals surface area contributed by atoms with Crippen molar-refractivity contribution in [2.24, 2.45) is 0 Å². The third kappa shape index (κ3) is 1.39. The summed E-state index contributed by atoms with van der Waals surface area (Å²) in [6, 6.07) is 0. The van der Waals surface area contributed by atoms with E-state index in [1.165, 1.54) is 0 Å². The molecule has 1 aliphatic heterocycles. The summed E-state index contributed by atoms with van der Waals surface area (Å²) < 4.78 is 5.17. The molecule has 2 nitrogen and oxygen atoms in total. The van der Waals surface area contributed by atoms with Crippen molar-refractivity contribution in [1.82, 2.24) is 0 Å². The summed E-state index contributed by atoms with van der Waals surface area (Å²) in [7, 11) is 0. The van der Waals surface area contributed by atoms with Gasteiger partial charge in [-0.1, -0.05) is 6.08 Å². The summed E-state index contributed by atoms with van der Waals surface area (Å²) in [5.74, 6) is 0. The molecule has 0 bridgehead atoms. The van der Waals surface area contributed by atoms with Gasteiger partial charge in [0.05, 0.1) is 6.10 Å². The van der Waals surface area contributed by atoms with Crippen molar-refractivity contribution in [1.29, 1.82) is 0 Å². The fourth-order valence-corrected chi connectivity index (χ4v) is 0.963. The lowest BCUT2D eigenvalue weighted by Gasteiger charge is -2.01. The second-order valence-corrected chi connectivity index (χ2v) is 2.16. The molecule has 0 unspecified atom stereocenters. The first-order chi connectivity index (χ1) is 4.36. The van der Waals surface area contributed by atoms with Gasteiger partial charge in [-0.3, -0.25) is 0 Å². The van der Waals surface area contributed by atoms with Crippen molar-refractivity contribution in [3.63, 3.8) is 0 Å². The maximum atomic E-state index is 10.1. The largest absolute Gasteiger partial charge is 0.363 e. The minimum atomic E-state index is -0.173. The van der Waals surface area contributed by atoms with Crippen molar-refractivity contribution in [2.75, 3.05) is 0 Å². The van der Waals surface area contributed by atoms with Gasteiger partial charge in [-0.2, -0.15) is 0 Å². The topological polar surface area (TPSA) is 26.3 Å². The number of rotatable bonds is 2. The van der Waals surface area contributed by atoms with Gasteiger partial charge < -0.3 is 9.53 Å². The highest BCUT2D eigenvalue weighted by atomic mass is 16.5. The fourth-order valence-electron chi connectivity index (χ4n) is 0.963. The van der Waals surface area contributed by atoms with Crippen molar-refractivity contribution in [3.05, 3.63) is 12.7 Å². The summed E-state index contributed by atoms with van der Waals surface area (Å²) in [6.45, 7) is 3.57. The van der Waals surface area contributed by atoms with Gasteiger partial charge in [0, 0.05) is 0 Å². The Hall–Kier alpha value is -0.630.